The molecule has 0 aromatic rings. The second kappa shape index (κ2) is 7.61. The van der Waals surface area contributed by atoms with Crippen molar-refractivity contribution in [2.75, 3.05) is 46.8 Å². The predicted molar refractivity (Wildman–Crippen MR) is 66.2 cm³/mol. The third-order valence-electron chi connectivity index (χ3n) is 3.05. The molecule has 1 aliphatic heterocycles. The van der Waals surface area contributed by atoms with Crippen LogP contribution in [0.1, 0.15) is 19.3 Å². The summed E-state index contributed by atoms with van der Waals surface area (Å²) < 4.78 is 0. The molecule has 0 aliphatic carbocycles. The lowest BCUT2D eigenvalue weighted by Crippen LogP contribution is -2.46. The van der Waals surface area contributed by atoms with Crippen molar-refractivity contribution in [3.05, 3.63) is 0 Å². The number of hydrogen-bond acceptors (Lipinski definition) is 4. The molecule has 0 radical (unpaired) electrons. The van der Waals surface area contributed by atoms with Crippen LogP contribution in [0.25, 0.3) is 0 Å². The van der Waals surface area contributed by atoms with E-state index in [-0.39, 0.29) is 0 Å². The van der Waals surface area contributed by atoms with Crippen molar-refractivity contribution >= 4 is 0 Å². The lowest BCUT2D eigenvalue weighted by molar-refractivity contribution is 0.185. The smallest absolute Gasteiger partial charge is 0.0843 e. The van der Waals surface area contributed by atoms with E-state index in [0.29, 0.717) is 12.6 Å². The fourth-order valence-corrected chi connectivity index (χ4v) is 2.23. The molecule has 1 fully saturated rings. The van der Waals surface area contributed by atoms with Gasteiger partial charge in [-0.3, -0.25) is 0 Å². The van der Waals surface area contributed by atoms with Gasteiger partial charge in [-0.1, -0.05) is 0 Å². The summed E-state index contributed by atoms with van der Waals surface area (Å²) in [6.07, 6.45) is 3.70. The topological polar surface area (TPSA) is 42.3 Å². The minimum absolute atomic E-state index is 0.482. The molecule has 1 aliphatic rings. The van der Waals surface area contributed by atoms with Crippen LogP contribution in [0, 0.1) is 11.3 Å². The van der Waals surface area contributed by atoms with E-state index in [2.05, 4.69) is 35.3 Å². The van der Waals surface area contributed by atoms with Crippen molar-refractivity contribution in [1.82, 2.24) is 15.1 Å². The van der Waals surface area contributed by atoms with Crippen molar-refractivity contribution in [1.29, 1.82) is 5.26 Å². The molecule has 16 heavy (non-hydrogen) atoms. The van der Waals surface area contributed by atoms with Crippen molar-refractivity contribution in [2.45, 2.75) is 25.3 Å². The molecule has 1 atom stereocenters. The van der Waals surface area contributed by atoms with Crippen molar-refractivity contribution in [3.8, 4) is 6.07 Å². The monoisotopic (exact) mass is 224 g/mol. The maximum absolute atomic E-state index is 8.53. The second-order valence-corrected chi connectivity index (χ2v) is 4.84. The predicted octanol–water partition coefficient (Wildman–Crippen LogP) is 0.516. The lowest BCUT2D eigenvalue weighted by Gasteiger charge is -2.33. The molecule has 92 valence electrons. The SMILES string of the molecule is CN(C)CCCN1CCCC(NCC#N)C1. The Hall–Kier alpha value is -0.630. The Labute approximate surface area is 99.2 Å². The van der Waals surface area contributed by atoms with Crippen LogP contribution in [0.5, 0.6) is 0 Å². The third-order valence-corrected chi connectivity index (χ3v) is 3.05. The number of likely N-dealkylation sites (tertiary alicyclic amines) is 1. The number of piperidine rings is 1. The number of nitrogens with one attached hydrogen (secondary N) is 1. The van der Waals surface area contributed by atoms with Gasteiger partial charge >= 0.3 is 0 Å². The molecule has 0 saturated carbocycles. The van der Waals surface area contributed by atoms with Crippen molar-refractivity contribution in [2.24, 2.45) is 0 Å². The van der Waals surface area contributed by atoms with Crippen LogP contribution in [-0.2, 0) is 0 Å². The highest BCUT2D eigenvalue weighted by Gasteiger charge is 2.18. The maximum Gasteiger partial charge on any atom is 0.0843 e. The molecule has 4 heteroatoms. The number of nitriles is 1. The molecule has 1 unspecified atom stereocenters. The first-order valence-electron chi connectivity index (χ1n) is 6.20. The summed E-state index contributed by atoms with van der Waals surface area (Å²) in [7, 11) is 4.24. The summed E-state index contributed by atoms with van der Waals surface area (Å²) in [4.78, 5) is 4.75. The standard InChI is InChI=1S/C12H24N4/c1-15(2)8-4-10-16-9-3-5-12(11-16)14-7-6-13/h12,14H,3-5,7-11H2,1-2H3. The van der Waals surface area contributed by atoms with Crippen LogP contribution in [0.3, 0.4) is 0 Å². The van der Waals surface area contributed by atoms with Crippen LogP contribution in [0.4, 0.5) is 0 Å². The molecule has 0 aromatic carbocycles. The van der Waals surface area contributed by atoms with Gasteiger partial charge in [0.05, 0.1) is 12.6 Å². The van der Waals surface area contributed by atoms with Gasteiger partial charge in [0.15, 0.2) is 0 Å². The summed E-state index contributed by atoms with van der Waals surface area (Å²) in [6, 6.07) is 2.67. The number of nitrogens with zero attached hydrogens (tertiary/aromatic N) is 3. The number of rotatable bonds is 6. The van der Waals surface area contributed by atoms with Crippen LogP contribution in [-0.4, -0.2) is 62.7 Å². The van der Waals surface area contributed by atoms with Crippen LogP contribution >= 0.6 is 0 Å². The highest BCUT2D eigenvalue weighted by atomic mass is 15.2. The molecule has 0 amide bonds. The molecule has 0 spiro atoms. The van der Waals surface area contributed by atoms with Crippen molar-refractivity contribution < 1.29 is 0 Å². The Morgan fingerprint density at radius 3 is 3.00 bits per heavy atom. The quantitative estimate of drug-likeness (QED) is 0.668. The largest absolute Gasteiger partial charge is 0.309 e. The van der Waals surface area contributed by atoms with E-state index in [9.17, 15) is 0 Å². The summed E-state index contributed by atoms with van der Waals surface area (Å²) in [5.74, 6) is 0. The molecule has 0 bridgehead atoms. The first kappa shape index (κ1) is 13.4. The Bertz CT molecular complexity index is 222. The van der Waals surface area contributed by atoms with Crippen LogP contribution in [0.15, 0.2) is 0 Å². The van der Waals surface area contributed by atoms with E-state index in [0.717, 1.165) is 13.1 Å². The minimum atomic E-state index is 0.482. The average Bonchev–Trinajstić information content (AvgIpc) is 2.26. The minimum Gasteiger partial charge on any atom is -0.309 e. The Morgan fingerprint density at radius 2 is 2.31 bits per heavy atom. The van der Waals surface area contributed by atoms with E-state index in [4.69, 9.17) is 5.26 Å². The first-order valence-corrected chi connectivity index (χ1v) is 6.20. The van der Waals surface area contributed by atoms with Gasteiger partial charge in [0.25, 0.3) is 0 Å². The molecule has 1 saturated heterocycles. The van der Waals surface area contributed by atoms with Gasteiger partial charge in [-0.2, -0.15) is 5.26 Å². The van der Waals surface area contributed by atoms with Gasteiger partial charge in [-0.25, -0.2) is 0 Å². The molecular formula is C12H24N4. The first-order chi connectivity index (χ1) is 7.72. The second-order valence-electron chi connectivity index (χ2n) is 4.84. The normalized spacial score (nSPS) is 22.2. The molecule has 1 N–H and O–H groups in total. The molecular weight excluding hydrogens is 200 g/mol. The zero-order chi connectivity index (χ0) is 11.8. The van der Waals surface area contributed by atoms with Crippen LogP contribution < -0.4 is 5.32 Å². The van der Waals surface area contributed by atoms with Crippen molar-refractivity contribution in [3.63, 3.8) is 0 Å². The summed E-state index contributed by atoms with van der Waals surface area (Å²) in [5.41, 5.74) is 0. The van der Waals surface area contributed by atoms with Gasteiger partial charge in [-0.05, 0) is 53.0 Å². The van der Waals surface area contributed by atoms with Gasteiger partial charge in [0.1, 0.15) is 0 Å². The fraction of sp³-hybridized carbons (Fsp3) is 0.917. The van der Waals surface area contributed by atoms with E-state index >= 15 is 0 Å². The summed E-state index contributed by atoms with van der Waals surface area (Å²) in [5, 5.41) is 11.8. The van der Waals surface area contributed by atoms with Gasteiger partial charge in [0.2, 0.25) is 0 Å². The fourth-order valence-electron chi connectivity index (χ4n) is 2.23. The van der Waals surface area contributed by atoms with E-state index in [1.807, 2.05) is 0 Å². The molecule has 1 heterocycles. The highest BCUT2D eigenvalue weighted by Crippen LogP contribution is 2.10. The lowest BCUT2D eigenvalue weighted by atomic mass is 10.1. The number of hydrogen-bond donors (Lipinski definition) is 1. The Balaban J connectivity index is 2.15. The average molecular weight is 224 g/mol. The molecule has 4 nitrogen and oxygen atoms in total. The van der Waals surface area contributed by atoms with E-state index in [1.54, 1.807) is 0 Å². The maximum atomic E-state index is 8.53. The zero-order valence-corrected chi connectivity index (χ0v) is 10.6. The van der Waals surface area contributed by atoms with E-state index in [1.165, 1.54) is 32.4 Å². The zero-order valence-electron chi connectivity index (χ0n) is 10.6. The van der Waals surface area contributed by atoms with E-state index < -0.39 is 0 Å². The molecule has 0 aromatic heterocycles. The highest BCUT2D eigenvalue weighted by molar-refractivity contribution is 4.82. The summed E-state index contributed by atoms with van der Waals surface area (Å²) >= 11 is 0. The van der Waals surface area contributed by atoms with Crippen LogP contribution in [0.2, 0.25) is 0 Å². The Morgan fingerprint density at radius 1 is 1.50 bits per heavy atom. The van der Waals surface area contributed by atoms with Gasteiger partial charge in [-0.15, -0.1) is 0 Å². The molecule has 1 rings (SSSR count). The van der Waals surface area contributed by atoms with Gasteiger partial charge in [0, 0.05) is 12.6 Å². The Kier molecular flexibility index (Phi) is 6.39. The van der Waals surface area contributed by atoms with Gasteiger partial charge < -0.3 is 15.1 Å². The third kappa shape index (κ3) is 5.45. The summed E-state index contributed by atoms with van der Waals surface area (Å²) in [6.45, 7) is 5.15.